The molecule has 0 unspecified atom stereocenters. The molecule has 2 rings (SSSR count). The Hall–Kier alpha value is -2.20. The van der Waals surface area contributed by atoms with E-state index in [1.165, 1.54) is 29.2 Å². The van der Waals surface area contributed by atoms with Gasteiger partial charge in [-0.1, -0.05) is 30.3 Å². The van der Waals surface area contributed by atoms with Crippen LogP contribution in [-0.2, 0) is 0 Å². The molecule has 0 fully saturated rings. The maximum atomic E-state index is 13.3. The number of halogens is 3. The van der Waals surface area contributed by atoms with Gasteiger partial charge in [0.2, 0.25) is 0 Å². The molecular formula is C16H13ClF2N2. The second-order valence-electron chi connectivity index (χ2n) is 4.33. The molecule has 5 heteroatoms. The summed E-state index contributed by atoms with van der Waals surface area (Å²) in [5, 5.41) is 0.165. The monoisotopic (exact) mass is 306 g/mol. The first-order chi connectivity index (χ1) is 9.97. The van der Waals surface area contributed by atoms with Crippen LogP contribution < -0.4 is 4.90 Å². The molecule has 0 N–H and O–H groups in total. The third-order valence-electron chi connectivity index (χ3n) is 2.73. The number of benzene rings is 2. The minimum absolute atomic E-state index is 0.165. The molecule has 0 atom stereocenters. The van der Waals surface area contributed by atoms with Crippen molar-refractivity contribution in [3.05, 3.63) is 71.9 Å². The predicted octanol–water partition coefficient (Wildman–Crippen LogP) is 5.23. The summed E-state index contributed by atoms with van der Waals surface area (Å²) in [5.41, 5.74) is 0.930. The van der Waals surface area contributed by atoms with Crippen molar-refractivity contribution >= 4 is 28.8 Å². The highest BCUT2D eigenvalue weighted by Crippen LogP contribution is 2.24. The lowest BCUT2D eigenvalue weighted by molar-refractivity contribution is 0.628. The van der Waals surface area contributed by atoms with Gasteiger partial charge in [0.05, 0.1) is 11.4 Å². The molecule has 0 heterocycles. The van der Waals surface area contributed by atoms with E-state index in [-0.39, 0.29) is 11.0 Å². The fourth-order valence-electron chi connectivity index (χ4n) is 1.90. The first-order valence-corrected chi connectivity index (χ1v) is 6.56. The molecule has 2 aromatic carbocycles. The van der Waals surface area contributed by atoms with Gasteiger partial charge in [0.15, 0.2) is 0 Å². The molecule has 0 bridgehead atoms. The van der Waals surface area contributed by atoms with E-state index in [1.54, 1.807) is 31.2 Å². The lowest BCUT2D eigenvalue weighted by Gasteiger charge is -2.22. The Bertz CT molecular complexity index is 698. The van der Waals surface area contributed by atoms with Crippen molar-refractivity contribution in [3.63, 3.8) is 0 Å². The van der Waals surface area contributed by atoms with Crippen molar-refractivity contribution < 1.29 is 8.78 Å². The molecule has 0 aromatic heterocycles. The highest BCUT2D eigenvalue weighted by atomic mass is 35.5. The fourth-order valence-corrected chi connectivity index (χ4v) is 2.12. The van der Waals surface area contributed by atoms with Gasteiger partial charge in [0.25, 0.3) is 0 Å². The van der Waals surface area contributed by atoms with Crippen LogP contribution in [0.3, 0.4) is 0 Å². The van der Waals surface area contributed by atoms with Crippen molar-refractivity contribution in [2.45, 2.75) is 6.92 Å². The first kappa shape index (κ1) is 15.2. The van der Waals surface area contributed by atoms with Crippen molar-refractivity contribution in [2.75, 3.05) is 4.90 Å². The average Bonchev–Trinajstić information content (AvgIpc) is 2.38. The van der Waals surface area contributed by atoms with Crippen molar-refractivity contribution in [3.8, 4) is 0 Å². The van der Waals surface area contributed by atoms with Crippen molar-refractivity contribution in [1.29, 1.82) is 0 Å². The van der Waals surface area contributed by atoms with E-state index >= 15 is 0 Å². The summed E-state index contributed by atoms with van der Waals surface area (Å²) in [5.74, 6) is -0.328. The van der Waals surface area contributed by atoms with Gasteiger partial charge in [-0.3, -0.25) is 4.90 Å². The molecule has 0 aliphatic carbocycles. The maximum absolute atomic E-state index is 13.3. The van der Waals surface area contributed by atoms with E-state index in [9.17, 15) is 8.78 Å². The van der Waals surface area contributed by atoms with Crippen LogP contribution in [0.2, 0.25) is 0 Å². The molecule has 0 aliphatic rings. The van der Waals surface area contributed by atoms with Gasteiger partial charge in [0, 0.05) is 0 Å². The van der Waals surface area contributed by atoms with Gasteiger partial charge in [-0.2, -0.15) is 0 Å². The molecule has 0 saturated heterocycles. The van der Waals surface area contributed by atoms with Crippen LogP contribution >= 0.6 is 11.6 Å². The van der Waals surface area contributed by atoms with Crippen LogP contribution in [0.5, 0.6) is 0 Å². The molecule has 2 aromatic rings. The second kappa shape index (κ2) is 6.50. The lowest BCUT2D eigenvalue weighted by Crippen LogP contribution is -2.25. The topological polar surface area (TPSA) is 15.6 Å². The smallest absolute Gasteiger partial charge is 0.125 e. The van der Waals surface area contributed by atoms with E-state index in [4.69, 9.17) is 11.6 Å². The zero-order valence-corrected chi connectivity index (χ0v) is 12.1. The van der Waals surface area contributed by atoms with Crippen molar-refractivity contribution in [1.82, 2.24) is 0 Å². The van der Waals surface area contributed by atoms with Gasteiger partial charge in [-0.15, -0.1) is 0 Å². The second-order valence-corrected chi connectivity index (χ2v) is 4.77. The van der Waals surface area contributed by atoms with Crippen LogP contribution in [0.4, 0.5) is 20.2 Å². The number of amidine groups is 1. The molecule has 21 heavy (non-hydrogen) atoms. The number of rotatable bonds is 3. The SMILES string of the molecule is C=C(Cl)N(C(C)=Nc1cccc(F)c1)c1cccc(F)c1. The normalized spacial score (nSPS) is 11.3. The summed E-state index contributed by atoms with van der Waals surface area (Å²) >= 11 is 5.98. The quantitative estimate of drug-likeness (QED) is 0.430. The summed E-state index contributed by atoms with van der Waals surface area (Å²) in [7, 11) is 0. The standard InChI is InChI=1S/C16H13ClF2N2/c1-11(17)21(16-8-4-6-14(19)10-16)12(2)20-15-7-3-5-13(18)9-15/h3-10H,1H2,2H3. The Balaban J connectivity index is 2.41. The van der Waals surface area contributed by atoms with Gasteiger partial charge in [0.1, 0.15) is 22.6 Å². The number of hydrogen-bond donors (Lipinski definition) is 0. The average molecular weight is 307 g/mol. The maximum Gasteiger partial charge on any atom is 0.125 e. The van der Waals surface area contributed by atoms with Crippen LogP contribution in [0.25, 0.3) is 0 Å². The lowest BCUT2D eigenvalue weighted by atomic mass is 10.2. The van der Waals surface area contributed by atoms with Gasteiger partial charge >= 0.3 is 0 Å². The fraction of sp³-hybridized carbons (Fsp3) is 0.0625. The number of nitrogens with zero attached hydrogens (tertiary/aromatic N) is 2. The van der Waals surface area contributed by atoms with Crippen LogP contribution in [0.15, 0.2) is 65.3 Å². The van der Waals surface area contributed by atoms with Crippen LogP contribution in [0, 0.1) is 11.6 Å². The van der Waals surface area contributed by atoms with Gasteiger partial charge < -0.3 is 0 Å². The van der Waals surface area contributed by atoms with E-state index in [0.717, 1.165) is 0 Å². The largest absolute Gasteiger partial charge is 0.289 e. The Morgan fingerprint density at radius 2 is 1.71 bits per heavy atom. The Labute approximate surface area is 127 Å². The van der Waals surface area contributed by atoms with E-state index in [2.05, 4.69) is 11.6 Å². The van der Waals surface area contributed by atoms with E-state index in [1.807, 2.05) is 0 Å². The zero-order chi connectivity index (χ0) is 15.4. The number of anilines is 1. The molecule has 0 spiro atoms. The third-order valence-corrected chi connectivity index (χ3v) is 2.90. The number of hydrogen-bond acceptors (Lipinski definition) is 1. The first-order valence-electron chi connectivity index (χ1n) is 6.18. The van der Waals surface area contributed by atoms with Crippen LogP contribution in [0.1, 0.15) is 6.92 Å². The summed E-state index contributed by atoms with van der Waals surface area (Å²) in [6, 6.07) is 11.7. The molecule has 0 saturated carbocycles. The predicted molar refractivity (Wildman–Crippen MR) is 83.0 cm³/mol. The van der Waals surface area contributed by atoms with Gasteiger partial charge in [-0.25, -0.2) is 13.8 Å². The minimum Gasteiger partial charge on any atom is -0.289 e. The Kier molecular flexibility index (Phi) is 4.70. The summed E-state index contributed by atoms with van der Waals surface area (Å²) in [6.07, 6.45) is 0. The summed E-state index contributed by atoms with van der Waals surface area (Å²) in [4.78, 5) is 5.76. The summed E-state index contributed by atoms with van der Waals surface area (Å²) in [6.45, 7) is 5.34. The van der Waals surface area contributed by atoms with Crippen LogP contribution in [-0.4, -0.2) is 5.84 Å². The molecule has 0 aliphatic heterocycles. The third kappa shape index (κ3) is 3.89. The molecule has 2 nitrogen and oxygen atoms in total. The molecule has 0 radical (unpaired) electrons. The highest BCUT2D eigenvalue weighted by molar-refractivity contribution is 6.33. The van der Waals surface area contributed by atoms with E-state index in [0.29, 0.717) is 17.2 Å². The van der Waals surface area contributed by atoms with Gasteiger partial charge in [-0.05, 0) is 43.3 Å². The minimum atomic E-state index is -0.394. The molecule has 0 amide bonds. The van der Waals surface area contributed by atoms with Crippen molar-refractivity contribution in [2.24, 2.45) is 4.99 Å². The zero-order valence-electron chi connectivity index (χ0n) is 11.4. The molecule has 108 valence electrons. The summed E-state index contributed by atoms with van der Waals surface area (Å²) < 4.78 is 26.5. The Morgan fingerprint density at radius 3 is 2.29 bits per heavy atom. The number of aliphatic imine (C=N–C) groups is 1. The molecular weight excluding hydrogens is 294 g/mol. The Morgan fingerprint density at radius 1 is 1.10 bits per heavy atom. The highest BCUT2D eigenvalue weighted by Gasteiger charge is 2.13. The van der Waals surface area contributed by atoms with E-state index < -0.39 is 5.82 Å².